The van der Waals surface area contributed by atoms with Crippen LogP contribution in [0.5, 0.6) is 0 Å². The van der Waals surface area contributed by atoms with Crippen LogP contribution >= 0.6 is 34.2 Å². The van der Waals surface area contributed by atoms with E-state index in [2.05, 4.69) is 33.2 Å². The fourth-order valence-electron chi connectivity index (χ4n) is 1.38. The Morgan fingerprint density at radius 2 is 2.11 bits per heavy atom. The van der Waals surface area contributed by atoms with Crippen LogP contribution in [0.25, 0.3) is 0 Å². The van der Waals surface area contributed by atoms with Gasteiger partial charge in [-0.15, -0.1) is 0 Å². The third kappa shape index (κ3) is 4.65. The number of rotatable bonds is 5. The molecule has 0 aliphatic rings. The first-order chi connectivity index (χ1) is 8.43. The van der Waals surface area contributed by atoms with Crippen LogP contribution in [-0.2, 0) is 4.79 Å². The highest BCUT2D eigenvalue weighted by Crippen LogP contribution is 2.22. The Hall–Kier alpha value is -0.490. The molecule has 0 saturated carbocycles. The first-order valence-corrected chi connectivity index (χ1v) is 7.41. The number of amides is 1. The molecule has 0 bridgehead atoms. The Morgan fingerprint density at radius 1 is 1.44 bits per heavy atom. The van der Waals surface area contributed by atoms with Crippen molar-refractivity contribution >= 4 is 45.8 Å². The molecule has 0 spiro atoms. The van der Waals surface area contributed by atoms with E-state index in [1.807, 2.05) is 39.0 Å². The summed E-state index contributed by atoms with van der Waals surface area (Å²) in [4.78, 5) is 11.9. The predicted octanol–water partition coefficient (Wildman–Crippen LogP) is 3.66. The topological polar surface area (TPSA) is 41.1 Å². The van der Waals surface area contributed by atoms with E-state index >= 15 is 0 Å². The summed E-state index contributed by atoms with van der Waals surface area (Å²) in [6.45, 7) is 5.89. The van der Waals surface area contributed by atoms with Crippen LogP contribution in [-0.4, -0.2) is 18.0 Å². The second kappa shape index (κ2) is 7.19. The molecule has 0 aliphatic heterocycles. The fraction of sp³-hybridized carbons (Fsp3) is 0.462. The maximum Gasteiger partial charge on any atom is 0.242 e. The van der Waals surface area contributed by atoms with E-state index in [0.29, 0.717) is 5.02 Å². The number of hydrogen-bond donors (Lipinski definition) is 2. The smallest absolute Gasteiger partial charge is 0.242 e. The zero-order chi connectivity index (χ0) is 13.7. The molecule has 0 radical (unpaired) electrons. The first-order valence-electron chi connectivity index (χ1n) is 5.96. The molecule has 2 unspecified atom stereocenters. The average molecular weight is 381 g/mol. The number of carbonyl (C=O) groups excluding carboxylic acids is 1. The van der Waals surface area contributed by atoms with E-state index < -0.39 is 0 Å². The summed E-state index contributed by atoms with van der Waals surface area (Å²) >= 11 is 8.09. The van der Waals surface area contributed by atoms with E-state index in [4.69, 9.17) is 11.6 Å². The molecule has 2 N–H and O–H groups in total. The Morgan fingerprint density at radius 3 is 2.67 bits per heavy atom. The van der Waals surface area contributed by atoms with E-state index in [9.17, 15) is 4.79 Å². The zero-order valence-electron chi connectivity index (χ0n) is 10.8. The Balaban J connectivity index is 2.63. The number of anilines is 1. The van der Waals surface area contributed by atoms with E-state index in [1.165, 1.54) is 0 Å². The summed E-state index contributed by atoms with van der Waals surface area (Å²) in [5, 5.41) is 6.83. The number of halogens is 2. The largest absolute Gasteiger partial charge is 0.373 e. The summed E-state index contributed by atoms with van der Waals surface area (Å²) in [7, 11) is 0. The Labute approximate surface area is 127 Å². The zero-order valence-corrected chi connectivity index (χ0v) is 13.7. The van der Waals surface area contributed by atoms with Gasteiger partial charge in [-0.05, 0) is 61.1 Å². The monoisotopic (exact) mass is 380 g/mol. The van der Waals surface area contributed by atoms with Crippen LogP contribution in [0, 0.1) is 3.57 Å². The van der Waals surface area contributed by atoms with Crippen molar-refractivity contribution in [3.63, 3.8) is 0 Å². The lowest BCUT2D eigenvalue weighted by molar-refractivity contribution is -0.122. The van der Waals surface area contributed by atoms with Gasteiger partial charge in [0.2, 0.25) is 5.91 Å². The molecule has 1 aromatic rings. The second-order valence-corrected chi connectivity index (χ2v) is 5.91. The molecular weight excluding hydrogens is 363 g/mol. The Kier molecular flexibility index (Phi) is 6.21. The van der Waals surface area contributed by atoms with Gasteiger partial charge in [0.1, 0.15) is 6.04 Å². The van der Waals surface area contributed by atoms with Crippen molar-refractivity contribution in [1.82, 2.24) is 5.32 Å². The number of benzene rings is 1. The lowest BCUT2D eigenvalue weighted by atomic mass is 10.2. The van der Waals surface area contributed by atoms with Crippen molar-refractivity contribution in [2.24, 2.45) is 0 Å². The lowest BCUT2D eigenvalue weighted by Gasteiger charge is -2.19. The van der Waals surface area contributed by atoms with Crippen molar-refractivity contribution < 1.29 is 4.79 Å². The van der Waals surface area contributed by atoms with Crippen molar-refractivity contribution in [1.29, 1.82) is 0 Å². The van der Waals surface area contributed by atoms with E-state index in [0.717, 1.165) is 15.7 Å². The molecule has 0 aliphatic carbocycles. The van der Waals surface area contributed by atoms with Crippen molar-refractivity contribution in [3.05, 3.63) is 26.8 Å². The first kappa shape index (κ1) is 15.6. The van der Waals surface area contributed by atoms with Crippen LogP contribution in [0.3, 0.4) is 0 Å². The van der Waals surface area contributed by atoms with Gasteiger partial charge in [-0.1, -0.05) is 18.5 Å². The summed E-state index contributed by atoms with van der Waals surface area (Å²) in [6.07, 6.45) is 0.928. The number of carbonyl (C=O) groups is 1. The van der Waals surface area contributed by atoms with E-state index in [1.54, 1.807) is 0 Å². The fourth-order valence-corrected chi connectivity index (χ4v) is 2.40. The molecule has 5 heteroatoms. The summed E-state index contributed by atoms with van der Waals surface area (Å²) in [5.41, 5.74) is 0.923. The van der Waals surface area contributed by atoms with Crippen LogP contribution < -0.4 is 10.6 Å². The van der Waals surface area contributed by atoms with Crippen LogP contribution in [0.1, 0.15) is 27.2 Å². The third-order valence-electron chi connectivity index (χ3n) is 2.70. The second-order valence-electron chi connectivity index (χ2n) is 4.31. The van der Waals surface area contributed by atoms with Gasteiger partial charge in [0.25, 0.3) is 0 Å². The molecule has 100 valence electrons. The average Bonchev–Trinajstić information content (AvgIpc) is 2.32. The molecule has 0 aromatic heterocycles. The minimum Gasteiger partial charge on any atom is -0.373 e. The molecule has 1 aromatic carbocycles. The predicted molar refractivity (Wildman–Crippen MR) is 85.1 cm³/mol. The van der Waals surface area contributed by atoms with Gasteiger partial charge in [-0.25, -0.2) is 0 Å². The Bertz CT molecular complexity index is 425. The molecule has 0 heterocycles. The summed E-state index contributed by atoms with van der Waals surface area (Å²) in [6, 6.07) is 5.49. The quantitative estimate of drug-likeness (QED) is 0.766. The van der Waals surface area contributed by atoms with E-state index in [-0.39, 0.29) is 18.0 Å². The van der Waals surface area contributed by atoms with Gasteiger partial charge in [0.05, 0.1) is 0 Å². The molecule has 0 saturated heterocycles. The van der Waals surface area contributed by atoms with Gasteiger partial charge in [-0.3, -0.25) is 4.79 Å². The third-order valence-corrected chi connectivity index (χ3v) is 3.83. The summed E-state index contributed by atoms with van der Waals surface area (Å²) < 4.78 is 1.00. The highest BCUT2D eigenvalue weighted by molar-refractivity contribution is 14.1. The highest BCUT2D eigenvalue weighted by atomic mass is 127. The SMILES string of the molecule is CCC(C)NC(=O)C(C)Nc1ccc(Cl)cc1I. The lowest BCUT2D eigenvalue weighted by Crippen LogP contribution is -2.41. The van der Waals surface area contributed by atoms with Crippen molar-refractivity contribution in [3.8, 4) is 0 Å². The van der Waals surface area contributed by atoms with Gasteiger partial charge in [-0.2, -0.15) is 0 Å². The standard InChI is InChI=1S/C13H18ClIN2O/c1-4-8(2)16-13(18)9(3)17-12-6-5-10(14)7-11(12)15/h5-9,17H,4H2,1-3H3,(H,16,18). The molecule has 2 atom stereocenters. The number of nitrogens with one attached hydrogen (secondary N) is 2. The molecule has 3 nitrogen and oxygen atoms in total. The van der Waals surface area contributed by atoms with Crippen LogP contribution in [0.2, 0.25) is 5.02 Å². The normalized spacial score (nSPS) is 13.8. The highest BCUT2D eigenvalue weighted by Gasteiger charge is 2.15. The molecule has 1 rings (SSSR count). The van der Waals surface area contributed by atoms with Gasteiger partial charge in [0, 0.05) is 20.3 Å². The van der Waals surface area contributed by atoms with Crippen molar-refractivity contribution in [2.45, 2.75) is 39.3 Å². The molecule has 18 heavy (non-hydrogen) atoms. The van der Waals surface area contributed by atoms with Gasteiger partial charge < -0.3 is 10.6 Å². The number of hydrogen-bond acceptors (Lipinski definition) is 2. The minimum atomic E-state index is -0.270. The maximum absolute atomic E-state index is 11.9. The summed E-state index contributed by atoms with van der Waals surface area (Å²) in [5.74, 6) is 0.00935. The van der Waals surface area contributed by atoms with Crippen LogP contribution in [0.4, 0.5) is 5.69 Å². The molecule has 0 fully saturated rings. The molecular formula is C13H18ClIN2O. The van der Waals surface area contributed by atoms with Crippen molar-refractivity contribution in [2.75, 3.05) is 5.32 Å². The molecule has 1 amide bonds. The minimum absolute atomic E-state index is 0.00935. The maximum atomic E-state index is 11.9. The van der Waals surface area contributed by atoms with Gasteiger partial charge >= 0.3 is 0 Å². The van der Waals surface area contributed by atoms with Gasteiger partial charge in [0.15, 0.2) is 0 Å². The van der Waals surface area contributed by atoms with Crippen LogP contribution in [0.15, 0.2) is 18.2 Å².